The number of hydrogen-bond acceptors (Lipinski definition) is 4. The van der Waals surface area contributed by atoms with Crippen LogP contribution in [0.15, 0.2) is 12.2 Å². The Kier molecular flexibility index (Phi) is 1.86. The second-order valence-corrected chi connectivity index (χ2v) is 3.03. The molecule has 4 nitrogen and oxygen atoms in total. The van der Waals surface area contributed by atoms with Crippen molar-refractivity contribution < 1.29 is 14.4 Å². The van der Waals surface area contributed by atoms with Crippen LogP contribution in [0.2, 0.25) is 0 Å². The molecule has 1 fully saturated rings. The highest BCUT2D eigenvalue weighted by Crippen LogP contribution is 2.29. The van der Waals surface area contributed by atoms with Crippen molar-refractivity contribution in [3.63, 3.8) is 0 Å². The van der Waals surface area contributed by atoms with Crippen LogP contribution in [-0.4, -0.2) is 25.2 Å². The van der Waals surface area contributed by atoms with E-state index in [1.165, 1.54) is 7.11 Å². The van der Waals surface area contributed by atoms with Crippen LogP contribution >= 0.6 is 0 Å². The SMILES string of the molecule is COC(=O)C1NOC2C=CCC21. The Morgan fingerprint density at radius 2 is 2.58 bits per heavy atom. The van der Waals surface area contributed by atoms with E-state index in [0.717, 1.165) is 6.42 Å². The Balaban J connectivity index is 2.06. The summed E-state index contributed by atoms with van der Waals surface area (Å²) in [5.41, 5.74) is 2.68. The molecule has 1 N–H and O–H groups in total. The first-order chi connectivity index (χ1) is 5.83. The lowest BCUT2D eigenvalue weighted by atomic mass is 9.97. The van der Waals surface area contributed by atoms with Crippen LogP contribution < -0.4 is 5.48 Å². The molecular weight excluding hydrogens is 158 g/mol. The number of esters is 1. The summed E-state index contributed by atoms with van der Waals surface area (Å²) in [5.74, 6) is -0.0244. The van der Waals surface area contributed by atoms with Gasteiger partial charge >= 0.3 is 5.97 Å². The van der Waals surface area contributed by atoms with E-state index in [-0.39, 0.29) is 24.0 Å². The average Bonchev–Trinajstić information content (AvgIpc) is 2.62. The Morgan fingerprint density at radius 1 is 1.75 bits per heavy atom. The summed E-state index contributed by atoms with van der Waals surface area (Å²) in [4.78, 5) is 16.3. The molecule has 0 aromatic carbocycles. The highest BCUT2D eigenvalue weighted by atomic mass is 16.7. The molecule has 2 rings (SSSR count). The van der Waals surface area contributed by atoms with Crippen LogP contribution in [0.3, 0.4) is 0 Å². The highest BCUT2D eigenvalue weighted by Gasteiger charge is 2.42. The lowest BCUT2D eigenvalue weighted by Crippen LogP contribution is -2.36. The molecule has 1 heterocycles. The molecule has 12 heavy (non-hydrogen) atoms. The van der Waals surface area contributed by atoms with E-state index in [0.29, 0.717) is 0 Å². The van der Waals surface area contributed by atoms with Gasteiger partial charge in [0.2, 0.25) is 0 Å². The minimum Gasteiger partial charge on any atom is -0.468 e. The van der Waals surface area contributed by atoms with E-state index in [4.69, 9.17) is 4.84 Å². The number of methoxy groups -OCH3 is 1. The van der Waals surface area contributed by atoms with Gasteiger partial charge in [-0.25, -0.2) is 0 Å². The average molecular weight is 169 g/mol. The van der Waals surface area contributed by atoms with E-state index in [2.05, 4.69) is 10.2 Å². The third kappa shape index (κ3) is 1.04. The number of ether oxygens (including phenoxy) is 1. The molecule has 0 amide bonds. The number of fused-ring (bicyclic) bond motifs is 1. The molecule has 0 aromatic rings. The van der Waals surface area contributed by atoms with Gasteiger partial charge in [0.15, 0.2) is 0 Å². The smallest absolute Gasteiger partial charge is 0.325 e. The third-order valence-corrected chi connectivity index (χ3v) is 2.37. The van der Waals surface area contributed by atoms with E-state index in [9.17, 15) is 4.79 Å². The fourth-order valence-electron chi connectivity index (χ4n) is 1.69. The van der Waals surface area contributed by atoms with Crippen LogP contribution in [0, 0.1) is 5.92 Å². The van der Waals surface area contributed by atoms with Gasteiger partial charge in [0.1, 0.15) is 12.1 Å². The van der Waals surface area contributed by atoms with Gasteiger partial charge < -0.3 is 4.74 Å². The Bertz CT molecular complexity index is 226. The van der Waals surface area contributed by atoms with Gasteiger partial charge in [-0.1, -0.05) is 12.2 Å². The van der Waals surface area contributed by atoms with Crippen LogP contribution in [0.5, 0.6) is 0 Å². The Labute approximate surface area is 70.5 Å². The predicted molar refractivity (Wildman–Crippen MR) is 41.1 cm³/mol. The molecule has 4 heteroatoms. The molecule has 1 saturated heterocycles. The van der Waals surface area contributed by atoms with E-state index in [1.807, 2.05) is 12.2 Å². The van der Waals surface area contributed by atoms with E-state index in [1.54, 1.807) is 0 Å². The molecule has 3 atom stereocenters. The summed E-state index contributed by atoms with van der Waals surface area (Å²) in [5, 5.41) is 0. The topological polar surface area (TPSA) is 47.6 Å². The maximum Gasteiger partial charge on any atom is 0.325 e. The molecule has 1 aliphatic heterocycles. The summed E-state index contributed by atoms with van der Waals surface area (Å²) < 4.78 is 4.63. The molecule has 0 spiro atoms. The third-order valence-electron chi connectivity index (χ3n) is 2.37. The minimum absolute atomic E-state index is 0.0501. The van der Waals surface area contributed by atoms with E-state index < -0.39 is 0 Å². The Hall–Kier alpha value is -0.870. The van der Waals surface area contributed by atoms with Crippen molar-refractivity contribution in [2.75, 3.05) is 7.11 Å². The van der Waals surface area contributed by atoms with Gasteiger partial charge in [-0.15, -0.1) is 0 Å². The van der Waals surface area contributed by atoms with Crippen LogP contribution in [0.25, 0.3) is 0 Å². The van der Waals surface area contributed by atoms with Crippen molar-refractivity contribution in [3.8, 4) is 0 Å². The zero-order chi connectivity index (χ0) is 8.55. The van der Waals surface area contributed by atoms with Crippen molar-refractivity contribution in [2.24, 2.45) is 5.92 Å². The number of nitrogens with one attached hydrogen (secondary N) is 1. The number of hydrogen-bond donors (Lipinski definition) is 1. The number of carbonyl (C=O) groups excluding carboxylic acids is 1. The molecule has 0 radical (unpaired) electrons. The first kappa shape index (κ1) is 7.76. The van der Waals surface area contributed by atoms with Crippen LogP contribution in [-0.2, 0) is 14.4 Å². The fourth-order valence-corrected chi connectivity index (χ4v) is 1.69. The standard InChI is InChI=1S/C8H11NO3/c1-11-8(10)7-5-3-2-4-6(5)12-9-7/h2,4-7,9H,3H2,1H3. The highest BCUT2D eigenvalue weighted by molar-refractivity contribution is 5.76. The van der Waals surface area contributed by atoms with Gasteiger partial charge in [-0.2, -0.15) is 5.48 Å². The molecule has 0 saturated carbocycles. The molecular formula is C8H11NO3. The fraction of sp³-hybridized carbons (Fsp3) is 0.625. The molecule has 1 aliphatic carbocycles. The van der Waals surface area contributed by atoms with E-state index >= 15 is 0 Å². The zero-order valence-corrected chi connectivity index (χ0v) is 6.82. The lowest BCUT2D eigenvalue weighted by Gasteiger charge is -2.11. The zero-order valence-electron chi connectivity index (χ0n) is 6.82. The number of hydroxylamine groups is 1. The molecule has 0 bridgehead atoms. The maximum absolute atomic E-state index is 11.2. The summed E-state index contributed by atoms with van der Waals surface area (Å²) in [6.07, 6.45) is 4.94. The van der Waals surface area contributed by atoms with Crippen LogP contribution in [0.4, 0.5) is 0 Å². The lowest BCUT2D eigenvalue weighted by molar-refractivity contribution is -0.145. The molecule has 0 aromatic heterocycles. The van der Waals surface area contributed by atoms with Crippen LogP contribution in [0.1, 0.15) is 6.42 Å². The second kappa shape index (κ2) is 2.88. The van der Waals surface area contributed by atoms with Crippen molar-refractivity contribution in [2.45, 2.75) is 18.6 Å². The van der Waals surface area contributed by atoms with Crippen molar-refractivity contribution >= 4 is 5.97 Å². The number of allylic oxidation sites excluding steroid dienone is 1. The Morgan fingerprint density at radius 3 is 3.33 bits per heavy atom. The molecule has 66 valence electrons. The summed E-state index contributed by atoms with van der Waals surface area (Å²) in [6, 6.07) is -0.296. The quantitative estimate of drug-likeness (QED) is 0.443. The van der Waals surface area contributed by atoms with Crippen molar-refractivity contribution in [1.82, 2.24) is 5.48 Å². The first-order valence-corrected chi connectivity index (χ1v) is 3.98. The second-order valence-electron chi connectivity index (χ2n) is 3.03. The van der Waals surface area contributed by atoms with Gasteiger partial charge in [0, 0.05) is 5.92 Å². The maximum atomic E-state index is 11.2. The van der Waals surface area contributed by atoms with Gasteiger partial charge in [0.05, 0.1) is 7.11 Å². The van der Waals surface area contributed by atoms with Crippen molar-refractivity contribution in [1.29, 1.82) is 0 Å². The normalized spacial score (nSPS) is 38.2. The van der Waals surface area contributed by atoms with Gasteiger partial charge in [0.25, 0.3) is 0 Å². The summed E-state index contributed by atoms with van der Waals surface area (Å²) >= 11 is 0. The largest absolute Gasteiger partial charge is 0.468 e. The summed E-state index contributed by atoms with van der Waals surface area (Å²) in [7, 11) is 1.39. The molecule has 3 unspecified atom stereocenters. The van der Waals surface area contributed by atoms with Gasteiger partial charge in [-0.3, -0.25) is 9.63 Å². The monoisotopic (exact) mass is 169 g/mol. The number of carbonyl (C=O) groups is 1. The van der Waals surface area contributed by atoms with Gasteiger partial charge in [-0.05, 0) is 6.42 Å². The number of rotatable bonds is 1. The predicted octanol–water partition coefficient (Wildman–Crippen LogP) is 0.00750. The first-order valence-electron chi connectivity index (χ1n) is 3.98. The minimum atomic E-state index is -0.296. The van der Waals surface area contributed by atoms with Crippen molar-refractivity contribution in [3.05, 3.63) is 12.2 Å². The summed E-state index contributed by atoms with van der Waals surface area (Å²) in [6.45, 7) is 0. The molecule has 2 aliphatic rings.